The maximum Gasteiger partial charge on any atom is 0.354 e. The van der Waals surface area contributed by atoms with E-state index >= 15 is 0 Å². The fraction of sp³-hybridized carbons (Fsp3) is 0.586. The largest absolute Gasteiger partial charge is 0.473 e. The van der Waals surface area contributed by atoms with Gasteiger partial charge in [0.15, 0.2) is 5.82 Å². The fourth-order valence-corrected chi connectivity index (χ4v) is 6.30. The smallest absolute Gasteiger partial charge is 0.354 e. The maximum atomic E-state index is 13.1. The lowest BCUT2D eigenvalue weighted by Gasteiger charge is -2.37. The van der Waals surface area contributed by atoms with Crippen LogP contribution >= 0.6 is 0 Å². The Morgan fingerprint density at radius 2 is 2.10 bits per heavy atom. The summed E-state index contributed by atoms with van der Waals surface area (Å²) in [5, 5.41) is 4.44. The van der Waals surface area contributed by atoms with Crippen LogP contribution in [0.25, 0.3) is 11.6 Å². The number of likely N-dealkylation sites (tertiary alicyclic amines) is 1. The Kier molecular flexibility index (Phi) is 8.30. The quantitative estimate of drug-likeness (QED) is 0.292. The van der Waals surface area contributed by atoms with Crippen molar-refractivity contribution in [2.75, 3.05) is 20.2 Å². The van der Waals surface area contributed by atoms with Crippen LogP contribution in [0.15, 0.2) is 27.4 Å². The Balaban J connectivity index is 1.50. The van der Waals surface area contributed by atoms with Crippen molar-refractivity contribution in [3.63, 3.8) is 0 Å². The molecule has 1 spiro atoms. The number of likely N-dealkylation sites (N-methyl/N-ethyl adjacent to an activating group) is 1. The number of carbonyl (C=O) groups excluding carboxylic acids is 2. The van der Waals surface area contributed by atoms with E-state index in [9.17, 15) is 9.59 Å². The van der Waals surface area contributed by atoms with Gasteiger partial charge < -0.3 is 19.7 Å². The van der Waals surface area contributed by atoms with E-state index in [1.807, 2.05) is 6.92 Å². The minimum absolute atomic E-state index is 0.0685. The van der Waals surface area contributed by atoms with Gasteiger partial charge in [-0.1, -0.05) is 11.6 Å². The number of aliphatic imine (C=N–C) groups is 1. The average Bonchev–Trinajstić information content (AvgIpc) is 3.57. The van der Waals surface area contributed by atoms with Crippen LogP contribution in [0.2, 0.25) is 0 Å². The van der Waals surface area contributed by atoms with Crippen LogP contribution < -0.4 is 10.5 Å². The van der Waals surface area contributed by atoms with Crippen molar-refractivity contribution in [2.45, 2.75) is 89.2 Å². The van der Waals surface area contributed by atoms with Crippen LogP contribution in [0.4, 0.5) is 5.82 Å². The third-order valence-electron chi connectivity index (χ3n) is 8.35. The summed E-state index contributed by atoms with van der Waals surface area (Å²) in [6.07, 6.45) is 10.5. The molecule has 0 amide bonds. The van der Waals surface area contributed by atoms with Crippen molar-refractivity contribution in [3.8, 4) is 17.5 Å². The van der Waals surface area contributed by atoms with Gasteiger partial charge in [-0.05, 0) is 78.5 Å². The Labute approximate surface area is 234 Å². The average molecular weight is 551 g/mol. The molecular formula is C29H38N6O5. The number of allylic oxidation sites excluding steroid dienone is 1. The third kappa shape index (κ3) is 5.52. The van der Waals surface area contributed by atoms with Gasteiger partial charge in [0, 0.05) is 30.3 Å². The first-order valence-electron chi connectivity index (χ1n) is 14.3. The SMILES string of the molecule is CCOC(=O)C(N)=CC=Nc1cc(O[C@@H](C)[C@@H]2CCCN2C)nc(-c2onc3c2CCC[C@@]32CCCCC2=O)n1. The number of ether oxygens (including phenoxy) is 2. The number of carbonyl (C=O) groups is 2. The lowest BCUT2D eigenvalue weighted by atomic mass is 9.64. The summed E-state index contributed by atoms with van der Waals surface area (Å²) in [6.45, 7) is 5.00. The van der Waals surface area contributed by atoms with Crippen molar-refractivity contribution in [1.82, 2.24) is 20.0 Å². The molecule has 2 aromatic heterocycles. The number of Topliss-reactive ketones (excluding diaryl/α,β-unsaturated/α-hetero) is 1. The summed E-state index contributed by atoms with van der Waals surface area (Å²) in [6, 6.07) is 1.92. The van der Waals surface area contributed by atoms with Crippen LogP contribution in [0.1, 0.15) is 76.5 Å². The van der Waals surface area contributed by atoms with E-state index in [0.29, 0.717) is 29.7 Å². The van der Waals surface area contributed by atoms with E-state index in [4.69, 9.17) is 24.7 Å². The molecule has 1 saturated heterocycles. The van der Waals surface area contributed by atoms with E-state index in [1.165, 1.54) is 12.3 Å². The van der Waals surface area contributed by atoms with Gasteiger partial charge in [0.05, 0.1) is 12.0 Å². The van der Waals surface area contributed by atoms with Gasteiger partial charge in [-0.3, -0.25) is 9.69 Å². The van der Waals surface area contributed by atoms with E-state index in [-0.39, 0.29) is 30.2 Å². The zero-order chi connectivity index (χ0) is 28.3. The number of ketones is 1. The van der Waals surface area contributed by atoms with E-state index < -0.39 is 11.4 Å². The molecule has 11 heteroatoms. The monoisotopic (exact) mass is 550 g/mol. The summed E-state index contributed by atoms with van der Waals surface area (Å²) in [4.78, 5) is 41.0. The molecule has 3 heterocycles. The number of aromatic nitrogens is 3. The van der Waals surface area contributed by atoms with Gasteiger partial charge in [-0.2, -0.15) is 4.98 Å². The summed E-state index contributed by atoms with van der Waals surface area (Å²) < 4.78 is 17.1. The van der Waals surface area contributed by atoms with Crippen molar-refractivity contribution in [1.29, 1.82) is 0 Å². The molecular weight excluding hydrogens is 512 g/mol. The minimum atomic E-state index is -0.615. The van der Waals surface area contributed by atoms with Crippen molar-refractivity contribution >= 4 is 23.8 Å². The molecule has 2 fully saturated rings. The molecule has 3 atom stereocenters. The van der Waals surface area contributed by atoms with Crippen LogP contribution in [0, 0.1) is 0 Å². The van der Waals surface area contributed by atoms with Gasteiger partial charge in [0.25, 0.3) is 0 Å². The van der Waals surface area contributed by atoms with Gasteiger partial charge in [0.2, 0.25) is 17.5 Å². The predicted molar refractivity (Wildman–Crippen MR) is 148 cm³/mol. The molecule has 2 aliphatic carbocycles. The summed E-state index contributed by atoms with van der Waals surface area (Å²) >= 11 is 0. The number of hydrogen-bond acceptors (Lipinski definition) is 11. The molecule has 0 radical (unpaired) electrons. The topological polar surface area (TPSA) is 146 Å². The van der Waals surface area contributed by atoms with Gasteiger partial charge in [-0.25, -0.2) is 14.8 Å². The third-order valence-corrected chi connectivity index (χ3v) is 8.35. The molecule has 2 N–H and O–H groups in total. The molecule has 0 bridgehead atoms. The molecule has 1 aliphatic heterocycles. The Morgan fingerprint density at radius 3 is 2.85 bits per heavy atom. The Morgan fingerprint density at radius 1 is 1.27 bits per heavy atom. The lowest BCUT2D eigenvalue weighted by molar-refractivity contribution is -0.138. The maximum absolute atomic E-state index is 13.1. The van der Waals surface area contributed by atoms with Gasteiger partial charge in [0.1, 0.15) is 23.3 Å². The van der Waals surface area contributed by atoms with E-state index in [1.54, 1.807) is 13.0 Å². The fourth-order valence-electron chi connectivity index (χ4n) is 6.30. The van der Waals surface area contributed by atoms with Crippen LogP contribution in [0.5, 0.6) is 5.88 Å². The molecule has 5 rings (SSSR count). The number of nitrogens with two attached hydrogens (primary N) is 1. The first-order valence-corrected chi connectivity index (χ1v) is 14.3. The summed E-state index contributed by atoms with van der Waals surface area (Å²) in [7, 11) is 2.10. The Hall–Kier alpha value is -3.60. The molecule has 11 nitrogen and oxygen atoms in total. The standard InChI is InChI=1S/C29H38N6O5/c1-4-38-28(37)20(30)12-15-31-23-17-24(39-18(2)21-10-8-16-35(21)3)33-27(32-23)25-19-9-7-14-29(26(19)34-40-25)13-6-5-11-22(29)36/h12,15,17-18,21H,4-11,13-14,16,30H2,1-3H3/t18-,21-,29+/m0/s1. The highest BCUT2D eigenvalue weighted by molar-refractivity contribution is 5.93. The second-order valence-corrected chi connectivity index (χ2v) is 10.9. The van der Waals surface area contributed by atoms with Crippen LogP contribution in [-0.4, -0.2) is 70.3 Å². The van der Waals surface area contributed by atoms with Crippen molar-refractivity contribution in [3.05, 3.63) is 29.1 Å². The highest BCUT2D eigenvalue weighted by Crippen LogP contribution is 2.47. The Bertz CT molecular complexity index is 1320. The molecule has 0 unspecified atom stereocenters. The molecule has 214 valence electrons. The highest BCUT2D eigenvalue weighted by atomic mass is 16.5. The second kappa shape index (κ2) is 11.9. The minimum Gasteiger partial charge on any atom is -0.473 e. The van der Waals surface area contributed by atoms with E-state index in [0.717, 1.165) is 69.2 Å². The van der Waals surface area contributed by atoms with Crippen molar-refractivity contribution < 1.29 is 23.6 Å². The van der Waals surface area contributed by atoms with Crippen LogP contribution in [0.3, 0.4) is 0 Å². The van der Waals surface area contributed by atoms with E-state index in [2.05, 4.69) is 27.1 Å². The predicted octanol–water partition coefficient (Wildman–Crippen LogP) is 3.82. The second-order valence-electron chi connectivity index (χ2n) is 10.9. The number of nitrogens with zero attached hydrogens (tertiary/aromatic N) is 5. The van der Waals surface area contributed by atoms with Gasteiger partial charge >= 0.3 is 5.97 Å². The summed E-state index contributed by atoms with van der Waals surface area (Å²) in [5.74, 6) is 1.05. The number of fused-ring (bicyclic) bond motifs is 2. The molecule has 2 aromatic rings. The number of hydrogen-bond donors (Lipinski definition) is 1. The molecule has 3 aliphatic rings. The van der Waals surface area contributed by atoms with Crippen LogP contribution in [-0.2, 0) is 26.2 Å². The lowest BCUT2D eigenvalue weighted by Crippen LogP contribution is -2.41. The molecule has 40 heavy (non-hydrogen) atoms. The molecule has 0 aromatic carbocycles. The zero-order valence-electron chi connectivity index (χ0n) is 23.5. The summed E-state index contributed by atoms with van der Waals surface area (Å²) in [5.41, 5.74) is 6.79. The highest BCUT2D eigenvalue weighted by Gasteiger charge is 2.48. The number of rotatable bonds is 8. The van der Waals surface area contributed by atoms with Crippen molar-refractivity contribution in [2.24, 2.45) is 10.7 Å². The zero-order valence-corrected chi connectivity index (χ0v) is 23.5. The first-order chi connectivity index (χ1) is 19.3. The first kappa shape index (κ1) is 27.9. The van der Waals surface area contributed by atoms with Gasteiger partial charge in [-0.15, -0.1) is 0 Å². The molecule has 1 saturated carbocycles. The normalized spacial score (nSPS) is 24.4. The number of esters is 1.